The Morgan fingerprint density at radius 2 is 2.00 bits per heavy atom. The molecule has 0 saturated carbocycles. The van der Waals surface area contributed by atoms with Crippen LogP contribution < -0.4 is 4.74 Å². The molecule has 3 aromatic rings. The molecule has 4 rings (SSSR count). The van der Waals surface area contributed by atoms with E-state index >= 15 is 0 Å². The molecule has 0 spiro atoms. The maximum atomic E-state index is 10.8. The monoisotopic (exact) mass is 456 g/mol. The second kappa shape index (κ2) is 11.8. The number of carboxylic acids is 1. The largest absolute Gasteiger partial charge is 0.482 e. The lowest BCUT2D eigenvalue weighted by atomic mass is 9.83. The maximum absolute atomic E-state index is 10.8. The van der Waals surface area contributed by atoms with E-state index in [0.717, 1.165) is 41.7 Å². The third-order valence-electron chi connectivity index (χ3n) is 5.79. The van der Waals surface area contributed by atoms with Gasteiger partial charge in [-0.3, -0.25) is 4.98 Å². The van der Waals surface area contributed by atoms with E-state index < -0.39 is 5.97 Å². The highest BCUT2D eigenvalue weighted by atomic mass is 16.6. The molecule has 0 fully saturated rings. The molecule has 1 atom stereocenters. The highest BCUT2D eigenvalue weighted by Crippen LogP contribution is 2.32. The molecule has 1 unspecified atom stereocenters. The van der Waals surface area contributed by atoms with E-state index in [2.05, 4.69) is 34.4 Å². The second-order valence-corrected chi connectivity index (χ2v) is 8.25. The van der Waals surface area contributed by atoms with Gasteiger partial charge in [0, 0.05) is 24.4 Å². The summed E-state index contributed by atoms with van der Waals surface area (Å²) in [6.07, 6.45) is 11.2. The van der Waals surface area contributed by atoms with E-state index in [0.29, 0.717) is 24.7 Å². The van der Waals surface area contributed by atoms with E-state index in [9.17, 15) is 4.79 Å². The van der Waals surface area contributed by atoms with E-state index in [1.807, 2.05) is 48.5 Å². The van der Waals surface area contributed by atoms with Crippen LogP contribution in [0.25, 0.3) is 0 Å². The number of aromatic nitrogens is 1. The fourth-order valence-corrected chi connectivity index (χ4v) is 4.16. The number of hydrogen-bond acceptors (Lipinski definition) is 5. The van der Waals surface area contributed by atoms with Crippen LogP contribution in [0.5, 0.6) is 5.75 Å². The summed E-state index contributed by atoms with van der Waals surface area (Å²) >= 11 is 0. The van der Waals surface area contributed by atoms with Crippen LogP contribution >= 0.6 is 0 Å². The lowest BCUT2D eigenvalue weighted by molar-refractivity contribution is -0.139. The minimum absolute atomic E-state index is 0.317. The molecule has 0 saturated heterocycles. The van der Waals surface area contributed by atoms with Crippen molar-refractivity contribution in [3.8, 4) is 5.75 Å². The Morgan fingerprint density at radius 3 is 2.79 bits per heavy atom. The Bertz CT molecular complexity index is 1140. The number of allylic oxidation sites excluding steroid dienone is 1. The van der Waals surface area contributed by atoms with E-state index in [-0.39, 0.29) is 6.61 Å². The number of nitrogens with zero attached hydrogens (tertiary/aromatic N) is 2. The molecular weight excluding hydrogens is 428 g/mol. The van der Waals surface area contributed by atoms with Gasteiger partial charge in [0.1, 0.15) is 12.4 Å². The quantitative estimate of drug-likeness (QED) is 0.204. The molecular formula is C28H28N2O4. The number of carbonyl (C=O) groups is 1. The number of hydrogen-bond donors (Lipinski definition) is 1. The van der Waals surface area contributed by atoms with Gasteiger partial charge in [-0.2, -0.15) is 0 Å². The van der Waals surface area contributed by atoms with Crippen molar-refractivity contribution in [1.29, 1.82) is 0 Å². The molecule has 0 bridgehead atoms. The summed E-state index contributed by atoms with van der Waals surface area (Å²) < 4.78 is 5.46. The molecule has 6 heteroatoms. The number of aliphatic carboxylic acids is 1. The van der Waals surface area contributed by atoms with Crippen LogP contribution in [0.2, 0.25) is 0 Å². The van der Waals surface area contributed by atoms with Crippen molar-refractivity contribution in [3.05, 3.63) is 107 Å². The first-order valence-electron chi connectivity index (χ1n) is 11.4. The van der Waals surface area contributed by atoms with Gasteiger partial charge in [-0.05, 0) is 66.1 Å². The van der Waals surface area contributed by atoms with Crippen LogP contribution in [0.1, 0.15) is 28.7 Å². The molecule has 1 aliphatic rings. The van der Waals surface area contributed by atoms with E-state index in [1.54, 1.807) is 12.4 Å². The Kier molecular flexibility index (Phi) is 8.06. The minimum atomic E-state index is -0.965. The summed E-state index contributed by atoms with van der Waals surface area (Å²) in [5.74, 6) is 0.116. The second-order valence-electron chi connectivity index (χ2n) is 8.25. The molecule has 0 aliphatic heterocycles. The smallest absolute Gasteiger partial charge is 0.341 e. The summed E-state index contributed by atoms with van der Waals surface area (Å²) in [5.41, 5.74) is 5.28. The summed E-state index contributed by atoms with van der Waals surface area (Å²) in [6, 6.07) is 19.9. The lowest BCUT2D eigenvalue weighted by Crippen LogP contribution is -2.16. The van der Waals surface area contributed by atoms with Gasteiger partial charge >= 0.3 is 5.97 Å². The highest BCUT2D eigenvalue weighted by Gasteiger charge is 2.20. The van der Waals surface area contributed by atoms with Crippen LogP contribution in [-0.4, -0.2) is 35.0 Å². The number of oxime groups is 1. The third-order valence-corrected chi connectivity index (χ3v) is 5.79. The minimum Gasteiger partial charge on any atom is -0.482 e. The predicted octanol–water partition coefficient (Wildman–Crippen LogP) is 4.87. The normalized spacial score (nSPS) is 15.6. The van der Waals surface area contributed by atoms with Gasteiger partial charge in [0.05, 0.1) is 5.71 Å². The molecule has 0 radical (unpaired) electrons. The van der Waals surface area contributed by atoms with Gasteiger partial charge in [-0.15, -0.1) is 0 Å². The van der Waals surface area contributed by atoms with Crippen molar-refractivity contribution in [1.82, 2.24) is 4.98 Å². The molecule has 0 amide bonds. The van der Waals surface area contributed by atoms with Crippen molar-refractivity contribution in [2.24, 2.45) is 11.1 Å². The third kappa shape index (κ3) is 6.54. The first-order chi connectivity index (χ1) is 16.7. The highest BCUT2D eigenvalue weighted by molar-refractivity contribution is 6.01. The van der Waals surface area contributed by atoms with Gasteiger partial charge in [0.2, 0.25) is 0 Å². The number of carboxylic acid groups (broad SMARTS) is 1. The van der Waals surface area contributed by atoms with Crippen LogP contribution in [0, 0.1) is 5.92 Å². The molecule has 2 aromatic carbocycles. The van der Waals surface area contributed by atoms with Gasteiger partial charge in [-0.1, -0.05) is 53.7 Å². The Balaban J connectivity index is 1.34. The molecule has 6 nitrogen and oxygen atoms in total. The van der Waals surface area contributed by atoms with Crippen molar-refractivity contribution in [2.75, 3.05) is 13.2 Å². The van der Waals surface area contributed by atoms with Crippen molar-refractivity contribution >= 4 is 11.7 Å². The Morgan fingerprint density at radius 1 is 1.12 bits per heavy atom. The van der Waals surface area contributed by atoms with Gasteiger partial charge in [-0.25, -0.2) is 4.79 Å². The van der Waals surface area contributed by atoms with E-state index in [1.165, 1.54) is 5.56 Å². The first kappa shape index (κ1) is 23.2. The topological polar surface area (TPSA) is 81.0 Å². The lowest BCUT2D eigenvalue weighted by Gasteiger charge is -2.24. The zero-order chi connectivity index (χ0) is 23.6. The number of benzene rings is 2. The number of rotatable bonds is 10. The maximum Gasteiger partial charge on any atom is 0.341 e. The molecule has 1 aliphatic carbocycles. The fourth-order valence-electron chi connectivity index (χ4n) is 4.16. The van der Waals surface area contributed by atoms with Gasteiger partial charge < -0.3 is 14.7 Å². The SMILES string of the molecule is O=C(O)COc1cccc2c1CCC(C=CCON=C(Cc1ccccc1)c1cccnc1)C2. The Labute approximate surface area is 199 Å². The van der Waals surface area contributed by atoms with Crippen LogP contribution in [0.4, 0.5) is 0 Å². The van der Waals surface area contributed by atoms with Crippen molar-refractivity contribution in [3.63, 3.8) is 0 Å². The Hall–Kier alpha value is -3.93. The van der Waals surface area contributed by atoms with Crippen molar-refractivity contribution < 1.29 is 19.5 Å². The average Bonchev–Trinajstić information content (AvgIpc) is 2.87. The number of fused-ring (bicyclic) bond motifs is 1. The van der Waals surface area contributed by atoms with Crippen LogP contribution in [0.15, 0.2) is 90.4 Å². The zero-order valence-corrected chi connectivity index (χ0v) is 19.0. The molecule has 1 aromatic heterocycles. The van der Waals surface area contributed by atoms with Gasteiger partial charge in [0.15, 0.2) is 6.61 Å². The predicted molar refractivity (Wildman–Crippen MR) is 131 cm³/mol. The molecule has 34 heavy (non-hydrogen) atoms. The summed E-state index contributed by atoms with van der Waals surface area (Å²) in [5, 5.41) is 13.3. The van der Waals surface area contributed by atoms with Gasteiger partial charge in [0.25, 0.3) is 0 Å². The average molecular weight is 457 g/mol. The van der Waals surface area contributed by atoms with Crippen LogP contribution in [-0.2, 0) is 28.9 Å². The molecule has 1 N–H and O–H groups in total. The van der Waals surface area contributed by atoms with Crippen LogP contribution in [0.3, 0.4) is 0 Å². The number of pyridine rings is 1. The summed E-state index contributed by atoms with van der Waals surface area (Å²) in [7, 11) is 0. The molecule has 174 valence electrons. The standard InChI is InChI=1S/C28H28N2O4/c31-28(32)20-33-27-12-4-10-23-17-22(13-14-25(23)27)9-6-16-34-30-26(24-11-5-15-29-19-24)18-21-7-2-1-3-8-21/h1-12,15,19,22H,13-14,16-18,20H2,(H,31,32). The first-order valence-corrected chi connectivity index (χ1v) is 11.4. The van der Waals surface area contributed by atoms with Crippen molar-refractivity contribution in [2.45, 2.75) is 25.7 Å². The van der Waals surface area contributed by atoms with E-state index in [4.69, 9.17) is 14.7 Å². The fraction of sp³-hybridized carbons (Fsp3) is 0.250. The summed E-state index contributed by atoms with van der Waals surface area (Å²) in [4.78, 5) is 20.7. The summed E-state index contributed by atoms with van der Waals surface area (Å²) in [6.45, 7) is 0.0760. The number of ether oxygens (including phenoxy) is 1. The molecule has 1 heterocycles. The zero-order valence-electron chi connectivity index (χ0n) is 19.0.